The van der Waals surface area contributed by atoms with E-state index in [0.29, 0.717) is 11.7 Å². The smallest absolute Gasteiger partial charge is 0.274 e. The summed E-state index contributed by atoms with van der Waals surface area (Å²) in [6.07, 6.45) is 3.42. The molecule has 2 atom stereocenters. The lowest BCUT2D eigenvalue weighted by atomic mass is 10.1. The third-order valence-corrected chi connectivity index (χ3v) is 2.95. The highest BCUT2D eigenvalue weighted by atomic mass is 16.2. The predicted molar refractivity (Wildman–Crippen MR) is 61.2 cm³/mol. The molecule has 5 nitrogen and oxygen atoms in total. The number of rotatable bonds is 1. The van der Waals surface area contributed by atoms with Crippen LogP contribution in [-0.4, -0.2) is 45.5 Å². The molecule has 2 unspecified atom stereocenters. The molecule has 2 heterocycles. The summed E-state index contributed by atoms with van der Waals surface area (Å²) >= 11 is 0. The quantitative estimate of drug-likeness (QED) is 0.740. The van der Waals surface area contributed by atoms with Crippen molar-refractivity contribution in [2.24, 2.45) is 7.05 Å². The lowest BCUT2D eigenvalue weighted by Crippen LogP contribution is -2.56. The van der Waals surface area contributed by atoms with Gasteiger partial charge in [-0.15, -0.1) is 0 Å². The topological polar surface area (TPSA) is 50.2 Å². The summed E-state index contributed by atoms with van der Waals surface area (Å²) in [6, 6.07) is 0.578. The second-order valence-electron chi connectivity index (χ2n) is 4.54. The molecule has 0 bridgehead atoms. The van der Waals surface area contributed by atoms with Crippen LogP contribution in [0.3, 0.4) is 0 Å². The molecule has 0 radical (unpaired) electrons. The highest BCUT2D eigenvalue weighted by Crippen LogP contribution is 2.10. The minimum absolute atomic E-state index is 0.0291. The van der Waals surface area contributed by atoms with Crippen LogP contribution < -0.4 is 5.32 Å². The first kappa shape index (κ1) is 11.1. The first-order valence-electron chi connectivity index (χ1n) is 5.60. The Labute approximate surface area is 95.5 Å². The largest absolute Gasteiger partial charge is 0.340 e. The summed E-state index contributed by atoms with van der Waals surface area (Å²) in [5, 5.41) is 3.35. The zero-order valence-electron chi connectivity index (χ0n) is 9.97. The molecule has 1 aliphatic heterocycles. The Kier molecular flexibility index (Phi) is 2.96. The molecule has 1 aromatic rings. The SMILES string of the molecule is CC1CN(C(=O)c2cn(C)cn2)C(C)CN1. The molecule has 1 N–H and O–H groups in total. The Morgan fingerprint density at radius 3 is 2.94 bits per heavy atom. The molecule has 2 rings (SSSR count). The van der Waals surface area contributed by atoms with Crippen molar-refractivity contribution in [1.29, 1.82) is 0 Å². The van der Waals surface area contributed by atoms with Gasteiger partial charge in [0.2, 0.25) is 0 Å². The fraction of sp³-hybridized carbons (Fsp3) is 0.636. The maximum Gasteiger partial charge on any atom is 0.274 e. The van der Waals surface area contributed by atoms with Crippen molar-refractivity contribution >= 4 is 5.91 Å². The Morgan fingerprint density at radius 1 is 1.56 bits per heavy atom. The second-order valence-corrected chi connectivity index (χ2v) is 4.54. The van der Waals surface area contributed by atoms with Gasteiger partial charge in [0.05, 0.1) is 6.33 Å². The lowest BCUT2D eigenvalue weighted by Gasteiger charge is -2.37. The molecular weight excluding hydrogens is 204 g/mol. The number of nitrogens with one attached hydrogen (secondary N) is 1. The van der Waals surface area contributed by atoms with E-state index in [4.69, 9.17) is 0 Å². The van der Waals surface area contributed by atoms with Crippen molar-refractivity contribution in [3.63, 3.8) is 0 Å². The number of piperazine rings is 1. The van der Waals surface area contributed by atoms with Crippen molar-refractivity contribution in [2.75, 3.05) is 13.1 Å². The predicted octanol–water partition coefficient (Wildman–Crippen LogP) is 0.242. The minimum atomic E-state index is 0.0291. The van der Waals surface area contributed by atoms with Gasteiger partial charge in [-0.1, -0.05) is 0 Å². The van der Waals surface area contributed by atoms with Gasteiger partial charge in [-0.2, -0.15) is 0 Å². The Morgan fingerprint density at radius 2 is 2.31 bits per heavy atom. The van der Waals surface area contributed by atoms with Crippen LogP contribution >= 0.6 is 0 Å². The Bertz CT molecular complexity index is 387. The fourth-order valence-electron chi connectivity index (χ4n) is 1.97. The number of aromatic nitrogens is 2. The second kappa shape index (κ2) is 4.25. The van der Waals surface area contributed by atoms with Gasteiger partial charge in [-0.05, 0) is 13.8 Å². The summed E-state index contributed by atoms with van der Waals surface area (Å²) in [5.41, 5.74) is 0.531. The average molecular weight is 222 g/mol. The molecule has 0 aromatic carbocycles. The zero-order chi connectivity index (χ0) is 11.7. The maximum atomic E-state index is 12.2. The van der Waals surface area contributed by atoms with E-state index >= 15 is 0 Å². The molecule has 1 fully saturated rings. The first-order valence-corrected chi connectivity index (χ1v) is 5.60. The molecule has 5 heteroatoms. The van der Waals surface area contributed by atoms with Crippen molar-refractivity contribution in [2.45, 2.75) is 25.9 Å². The number of hydrogen-bond donors (Lipinski definition) is 1. The van der Waals surface area contributed by atoms with E-state index < -0.39 is 0 Å². The van der Waals surface area contributed by atoms with E-state index in [1.165, 1.54) is 0 Å². The molecule has 0 spiro atoms. The van der Waals surface area contributed by atoms with Crippen LogP contribution in [0.15, 0.2) is 12.5 Å². The molecule has 1 aliphatic rings. The Hall–Kier alpha value is -1.36. The average Bonchev–Trinajstić information content (AvgIpc) is 2.67. The number of amides is 1. The van der Waals surface area contributed by atoms with E-state index in [0.717, 1.165) is 13.1 Å². The van der Waals surface area contributed by atoms with E-state index in [9.17, 15) is 4.79 Å². The van der Waals surface area contributed by atoms with E-state index in [2.05, 4.69) is 24.1 Å². The molecule has 16 heavy (non-hydrogen) atoms. The number of nitrogens with zero attached hydrogens (tertiary/aromatic N) is 3. The van der Waals surface area contributed by atoms with Crippen molar-refractivity contribution in [3.05, 3.63) is 18.2 Å². The van der Waals surface area contributed by atoms with Crippen LogP contribution in [0, 0.1) is 0 Å². The van der Waals surface area contributed by atoms with E-state index in [-0.39, 0.29) is 11.9 Å². The normalized spacial score (nSPS) is 25.8. The van der Waals surface area contributed by atoms with Gasteiger partial charge < -0.3 is 14.8 Å². The van der Waals surface area contributed by atoms with Crippen molar-refractivity contribution < 1.29 is 4.79 Å². The first-order chi connectivity index (χ1) is 7.58. The summed E-state index contributed by atoms with van der Waals surface area (Å²) in [6.45, 7) is 5.74. The van der Waals surface area contributed by atoms with Gasteiger partial charge in [-0.3, -0.25) is 4.79 Å². The van der Waals surface area contributed by atoms with Crippen LogP contribution in [0.25, 0.3) is 0 Å². The number of carbonyl (C=O) groups is 1. The maximum absolute atomic E-state index is 12.2. The molecule has 0 saturated carbocycles. The number of imidazole rings is 1. The van der Waals surface area contributed by atoms with Gasteiger partial charge in [0, 0.05) is 38.4 Å². The molecule has 1 amide bonds. The standard InChI is InChI=1S/C11H18N4O/c1-8-5-15(9(2)4-12-8)11(16)10-6-14(3)7-13-10/h6-9,12H,4-5H2,1-3H3. The molecule has 0 aliphatic carbocycles. The molecular formula is C11H18N4O. The van der Waals surface area contributed by atoms with Crippen molar-refractivity contribution in [1.82, 2.24) is 19.8 Å². The number of carbonyl (C=O) groups excluding carboxylic acids is 1. The monoisotopic (exact) mass is 222 g/mol. The van der Waals surface area contributed by atoms with E-state index in [1.807, 2.05) is 11.9 Å². The highest BCUT2D eigenvalue weighted by Gasteiger charge is 2.28. The Balaban J connectivity index is 2.14. The van der Waals surface area contributed by atoms with Crippen molar-refractivity contribution in [3.8, 4) is 0 Å². The van der Waals surface area contributed by atoms with Gasteiger partial charge >= 0.3 is 0 Å². The number of hydrogen-bond acceptors (Lipinski definition) is 3. The minimum Gasteiger partial charge on any atom is -0.340 e. The third kappa shape index (κ3) is 2.09. The van der Waals surface area contributed by atoms with Gasteiger partial charge in [-0.25, -0.2) is 4.98 Å². The number of aryl methyl sites for hydroxylation is 1. The summed E-state index contributed by atoms with van der Waals surface area (Å²) in [5.74, 6) is 0.0291. The van der Waals surface area contributed by atoms with Crippen LogP contribution in [0.1, 0.15) is 24.3 Å². The van der Waals surface area contributed by atoms with E-state index in [1.54, 1.807) is 17.1 Å². The molecule has 1 aromatic heterocycles. The van der Waals surface area contributed by atoms with Gasteiger partial charge in [0.25, 0.3) is 5.91 Å². The van der Waals surface area contributed by atoms with Gasteiger partial charge in [0.15, 0.2) is 0 Å². The molecule has 1 saturated heterocycles. The fourth-order valence-corrected chi connectivity index (χ4v) is 1.97. The third-order valence-electron chi connectivity index (χ3n) is 2.95. The summed E-state index contributed by atoms with van der Waals surface area (Å²) in [7, 11) is 1.87. The zero-order valence-corrected chi connectivity index (χ0v) is 9.97. The van der Waals surface area contributed by atoms with Crippen LogP contribution in [0.4, 0.5) is 0 Å². The van der Waals surface area contributed by atoms with Crippen LogP contribution in [0.2, 0.25) is 0 Å². The summed E-state index contributed by atoms with van der Waals surface area (Å²) in [4.78, 5) is 18.2. The van der Waals surface area contributed by atoms with Crippen LogP contribution in [-0.2, 0) is 7.05 Å². The van der Waals surface area contributed by atoms with Crippen LogP contribution in [0.5, 0.6) is 0 Å². The highest BCUT2D eigenvalue weighted by molar-refractivity contribution is 5.92. The molecule has 88 valence electrons. The lowest BCUT2D eigenvalue weighted by molar-refractivity contribution is 0.0610. The van der Waals surface area contributed by atoms with Gasteiger partial charge in [0.1, 0.15) is 5.69 Å². The summed E-state index contributed by atoms with van der Waals surface area (Å²) < 4.78 is 1.80.